The van der Waals surface area contributed by atoms with Crippen molar-refractivity contribution in [1.82, 2.24) is 5.32 Å². The topological polar surface area (TPSA) is 66.4 Å². The van der Waals surface area contributed by atoms with Gasteiger partial charge >= 0.3 is 5.97 Å². The van der Waals surface area contributed by atoms with Gasteiger partial charge in [-0.05, 0) is 31.6 Å². The van der Waals surface area contributed by atoms with Gasteiger partial charge < -0.3 is 10.4 Å². The molecule has 0 saturated heterocycles. The van der Waals surface area contributed by atoms with Crippen molar-refractivity contribution in [3.63, 3.8) is 0 Å². The molecule has 0 aromatic heterocycles. The molecular weight excluding hydrogens is 230 g/mol. The number of rotatable bonds is 5. The van der Waals surface area contributed by atoms with Crippen LogP contribution in [0.5, 0.6) is 0 Å². The van der Waals surface area contributed by atoms with Crippen LogP contribution in [0.25, 0.3) is 0 Å². The fourth-order valence-electron chi connectivity index (χ4n) is 3.14. The summed E-state index contributed by atoms with van der Waals surface area (Å²) in [5.74, 6) is -0.978. The summed E-state index contributed by atoms with van der Waals surface area (Å²) in [6.07, 6.45) is 6.68. The molecule has 2 aliphatic carbocycles. The molecule has 2 rings (SSSR count). The molecule has 2 aliphatic rings. The van der Waals surface area contributed by atoms with Gasteiger partial charge in [0.15, 0.2) is 0 Å². The van der Waals surface area contributed by atoms with Crippen LogP contribution in [0, 0.1) is 17.8 Å². The Morgan fingerprint density at radius 3 is 2.50 bits per heavy atom. The minimum Gasteiger partial charge on any atom is -0.481 e. The average Bonchev–Trinajstić information content (AvgIpc) is 3.07. The monoisotopic (exact) mass is 253 g/mol. The van der Waals surface area contributed by atoms with Crippen molar-refractivity contribution in [2.45, 2.75) is 57.9 Å². The van der Waals surface area contributed by atoms with Gasteiger partial charge in [-0.1, -0.05) is 26.2 Å². The van der Waals surface area contributed by atoms with E-state index in [4.69, 9.17) is 5.11 Å². The lowest BCUT2D eigenvalue weighted by Gasteiger charge is -2.27. The zero-order chi connectivity index (χ0) is 13.1. The van der Waals surface area contributed by atoms with Crippen LogP contribution >= 0.6 is 0 Å². The molecule has 0 aromatic rings. The molecule has 2 saturated carbocycles. The molecule has 0 radical (unpaired) electrons. The first-order valence-corrected chi connectivity index (χ1v) is 7.16. The number of amides is 1. The zero-order valence-corrected chi connectivity index (χ0v) is 11.0. The van der Waals surface area contributed by atoms with Gasteiger partial charge in [0, 0.05) is 6.04 Å². The first kappa shape index (κ1) is 13.4. The van der Waals surface area contributed by atoms with E-state index < -0.39 is 11.9 Å². The Labute approximate surface area is 108 Å². The zero-order valence-electron chi connectivity index (χ0n) is 11.0. The first-order chi connectivity index (χ1) is 8.63. The van der Waals surface area contributed by atoms with Crippen molar-refractivity contribution >= 4 is 11.9 Å². The molecule has 102 valence electrons. The summed E-state index contributed by atoms with van der Waals surface area (Å²) < 4.78 is 0. The van der Waals surface area contributed by atoms with Crippen LogP contribution in [-0.4, -0.2) is 23.0 Å². The molecule has 0 bridgehead atoms. The van der Waals surface area contributed by atoms with Crippen LogP contribution in [0.1, 0.15) is 51.9 Å². The summed E-state index contributed by atoms with van der Waals surface area (Å²) in [7, 11) is 0. The fourth-order valence-corrected chi connectivity index (χ4v) is 3.14. The Balaban J connectivity index is 1.85. The van der Waals surface area contributed by atoms with Gasteiger partial charge in [0.25, 0.3) is 0 Å². The maximum Gasteiger partial charge on any atom is 0.307 e. The summed E-state index contributed by atoms with van der Waals surface area (Å²) >= 11 is 0. The number of carbonyl (C=O) groups is 2. The molecule has 4 nitrogen and oxygen atoms in total. The third-order valence-electron chi connectivity index (χ3n) is 4.33. The van der Waals surface area contributed by atoms with Gasteiger partial charge in [0.1, 0.15) is 0 Å². The van der Waals surface area contributed by atoms with Crippen LogP contribution in [0.15, 0.2) is 0 Å². The number of hydrogen-bond donors (Lipinski definition) is 2. The van der Waals surface area contributed by atoms with Crippen LogP contribution in [0.3, 0.4) is 0 Å². The molecule has 0 heterocycles. The van der Waals surface area contributed by atoms with E-state index in [0.29, 0.717) is 18.4 Å². The third kappa shape index (κ3) is 3.03. The van der Waals surface area contributed by atoms with Gasteiger partial charge in [0.2, 0.25) is 5.91 Å². The van der Waals surface area contributed by atoms with Crippen molar-refractivity contribution in [2.24, 2.45) is 17.8 Å². The van der Waals surface area contributed by atoms with E-state index in [0.717, 1.165) is 38.5 Å². The van der Waals surface area contributed by atoms with Crippen molar-refractivity contribution in [3.8, 4) is 0 Å². The van der Waals surface area contributed by atoms with Crippen molar-refractivity contribution in [2.75, 3.05) is 0 Å². The average molecular weight is 253 g/mol. The van der Waals surface area contributed by atoms with Crippen LogP contribution in [-0.2, 0) is 9.59 Å². The van der Waals surface area contributed by atoms with Gasteiger partial charge in [0.05, 0.1) is 11.8 Å². The Morgan fingerprint density at radius 1 is 1.22 bits per heavy atom. The maximum atomic E-state index is 12.1. The number of nitrogens with one attached hydrogen (secondary N) is 1. The highest BCUT2D eigenvalue weighted by atomic mass is 16.4. The second-order valence-electron chi connectivity index (χ2n) is 5.74. The summed E-state index contributed by atoms with van der Waals surface area (Å²) in [4.78, 5) is 23.3. The Morgan fingerprint density at radius 2 is 1.89 bits per heavy atom. The van der Waals surface area contributed by atoms with Crippen molar-refractivity contribution in [3.05, 3.63) is 0 Å². The molecule has 4 heteroatoms. The van der Waals surface area contributed by atoms with Crippen molar-refractivity contribution in [1.29, 1.82) is 0 Å². The smallest absolute Gasteiger partial charge is 0.307 e. The molecule has 18 heavy (non-hydrogen) atoms. The summed E-state index contributed by atoms with van der Waals surface area (Å²) in [5.41, 5.74) is 0. The molecule has 2 N–H and O–H groups in total. The third-order valence-corrected chi connectivity index (χ3v) is 4.33. The lowest BCUT2D eigenvalue weighted by atomic mass is 9.78. The lowest BCUT2D eigenvalue weighted by molar-refractivity contribution is -0.149. The highest BCUT2D eigenvalue weighted by Gasteiger charge is 2.41. The minimum atomic E-state index is -0.809. The first-order valence-electron chi connectivity index (χ1n) is 7.16. The SMILES string of the molecule is CCCC1CC1NC(=O)C1CCCCC1C(=O)O. The van der Waals surface area contributed by atoms with E-state index in [1.807, 2.05) is 0 Å². The van der Waals surface area contributed by atoms with Gasteiger partial charge in [-0.2, -0.15) is 0 Å². The Kier molecular flexibility index (Phi) is 4.25. The van der Waals surface area contributed by atoms with Gasteiger partial charge in [-0.25, -0.2) is 0 Å². The highest BCUT2D eigenvalue weighted by Crippen LogP contribution is 2.36. The molecule has 0 aliphatic heterocycles. The lowest BCUT2D eigenvalue weighted by Crippen LogP contribution is -2.41. The van der Waals surface area contributed by atoms with Crippen LogP contribution in [0.2, 0.25) is 0 Å². The highest BCUT2D eigenvalue weighted by molar-refractivity contribution is 5.85. The van der Waals surface area contributed by atoms with E-state index >= 15 is 0 Å². The van der Waals surface area contributed by atoms with E-state index in [1.165, 1.54) is 0 Å². The standard InChI is InChI=1S/C14H23NO3/c1-2-5-9-8-12(9)15-13(16)10-6-3-4-7-11(10)14(17)18/h9-12H,2-8H2,1H3,(H,15,16)(H,17,18). The van der Waals surface area contributed by atoms with E-state index in [-0.39, 0.29) is 11.8 Å². The summed E-state index contributed by atoms with van der Waals surface area (Å²) in [5, 5.41) is 12.2. The Bertz CT molecular complexity index is 329. The molecule has 1 amide bonds. The number of carboxylic acid groups (broad SMARTS) is 1. The molecule has 2 fully saturated rings. The molecule has 0 aromatic carbocycles. The summed E-state index contributed by atoms with van der Waals surface area (Å²) in [6.45, 7) is 2.15. The van der Waals surface area contributed by atoms with E-state index in [2.05, 4.69) is 12.2 Å². The Hall–Kier alpha value is -1.06. The second kappa shape index (κ2) is 5.72. The van der Waals surface area contributed by atoms with Gasteiger partial charge in [-0.15, -0.1) is 0 Å². The maximum absolute atomic E-state index is 12.1. The number of hydrogen-bond acceptors (Lipinski definition) is 2. The number of aliphatic carboxylic acids is 1. The van der Waals surface area contributed by atoms with Crippen LogP contribution in [0.4, 0.5) is 0 Å². The normalized spacial score (nSPS) is 34.9. The van der Waals surface area contributed by atoms with Crippen LogP contribution < -0.4 is 5.32 Å². The minimum absolute atomic E-state index is 0.0225. The van der Waals surface area contributed by atoms with Crippen molar-refractivity contribution < 1.29 is 14.7 Å². The number of carboxylic acids is 1. The molecule has 4 atom stereocenters. The molecule has 0 spiro atoms. The second-order valence-corrected chi connectivity index (χ2v) is 5.74. The quantitative estimate of drug-likeness (QED) is 0.789. The summed E-state index contributed by atoms with van der Waals surface area (Å²) in [6, 6.07) is 0.314. The fraction of sp³-hybridized carbons (Fsp3) is 0.857. The van der Waals surface area contributed by atoms with E-state index in [9.17, 15) is 9.59 Å². The van der Waals surface area contributed by atoms with E-state index in [1.54, 1.807) is 0 Å². The predicted molar refractivity (Wildman–Crippen MR) is 68.0 cm³/mol. The van der Waals surface area contributed by atoms with Gasteiger partial charge in [-0.3, -0.25) is 9.59 Å². The largest absolute Gasteiger partial charge is 0.481 e. The predicted octanol–water partition coefficient (Wildman–Crippen LogP) is 2.18. The molecular formula is C14H23NO3. The number of carbonyl (C=O) groups excluding carboxylic acids is 1. The molecule has 4 unspecified atom stereocenters.